The Balaban J connectivity index is 2.27. The molecule has 0 aliphatic carbocycles. The molecule has 0 fully saturated rings. The molecular formula is C9H11N3O2. The molecule has 0 saturated heterocycles. The van der Waals surface area contributed by atoms with Crippen molar-refractivity contribution in [3.8, 4) is 11.8 Å². The normalized spacial score (nSPS) is 9.00. The van der Waals surface area contributed by atoms with Gasteiger partial charge in [-0.15, -0.1) is 0 Å². The molecule has 74 valence electrons. The predicted molar refractivity (Wildman–Crippen MR) is 49.2 cm³/mol. The van der Waals surface area contributed by atoms with Crippen molar-refractivity contribution >= 4 is 5.91 Å². The monoisotopic (exact) mass is 193 g/mol. The zero-order valence-corrected chi connectivity index (χ0v) is 8.13. The Bertz CT molecular complexity index is 373. The van der Waals surface area contributed by atoms with Crippen molar-refractivity contribution < 1.29 is 9.32 Å². The van der Waals surface area contributed by atoms with E-state index in [4.69, 9.17) is 4.52 Å². The molecule has 14 heavy (non-hydrogen) atoms. The molecule has 1 aromatic rings. The van der Waals surface area contributed by atoms with Crippen LogP contribution in [0.5, 0.6) is 0 Å². The average molecular weight is 193 g/mol. The Hall–Kier alpha value is -1.83. The number of amides is 1. The molecule has 5 heteroatoms. The topological polar surface area (TPSA) is 68.0 Å². The second-order valence-electron chi connectivity index (χ2n) is 2.62. The van der Waals surface area contributed by atoms with E-state index in [1.807, 2.05) is 0 Å². The number of carbonyl (C=O) groups is 1. The zero-order chi connectivity index (χ0) is 10.4. The minimum Gasteiger partial charge on any atom is -0.345 e. The van der Waals surface area contributed by atoms with Crippen LogP contribution in [-0.2, 0) is 11.2 Å². The van der Waals surface area contributed by atoms with E-state index in [1.54, 1.807) is 13.8 Å². The number of rotatable bonds is 3. The SMILES string of the molecule is CC#CC(=O)NCCc1nc(C)no1. The van der Waals surface area contributed by atoms with Gasteiger partial charge in [-0.05, 0) is 19.8 Å². The van der Waals surface area contributed by atoms with Crippen LogP contribution in [0, 0.1) is 18.8 Å². The van der Waals surface area contributed by atoms with E-state index in [2.05, 4.69) is 27.3 Å². The molecule has 0 aliphatic rings. The fourth-order valence-electron chi connectivity index (χ4n) is 0.882. The van der Waals surface area contributed by atoms with Crippen LogP contribution in [0.2, 0.25) is 0 Å². The van der Waals surface area contributed by atoms with Gasteiger partial charge in [-0.2, -0.15) is 4.98 Å². The van der Waals surface area contributed by atoms with Gasteiger partial charge in [0.25, 0.3) is 5.91 Å². The van der Waals surface area contributed by atoms with Crippen molar-refractivity contribution in [2.24, 2.45) is 0 Å². The maximum absolute atomic E-state index is 10.9. The molecule has 0 spiro atoms. The third kappa shape index (κ3) is 3.27. The number of hydrogen-bond donors (Lipinski definition) is 1. The Morgan fingerprint density at radius 1 is 1.64 bits per heavy atom. The Kier molecular flexibility index (Phi) is 3.68. The summed E-state index contributed by atoms with van der Waals surface area (Å²) in [6, 6.07) is 0. The first-order valence-corrected chi connectivity index (χ1v) is 4.22. The fraction of sp³-hybridized carbons (Fsp3) is 0.444. The lowest BCUT2D eigenvalue weighted by Crippen LogP contribution is -2.24. The number of carbonyl (C=O) groups excluding carboxylic acids is 1. The van der Waals surface area contributed by atoms with Crippen LogP contribution >= 0.6 is 0 Å². The summed E-state index contributed by atoms with van der Waals surface area (Å²) < 4.78 is 4.86. The summed E-state index contributed by atoms with van der Waals surface area (Å²) >= 11 is 0. The van der Waals surface area contributed by atoms with Crippen molar-refractivity contribution in [3.05, 3.63) is 11.7 Å². The zero-order valence-electron chi connectivity index (χ0n) is 8.13. The fourth-order valence-corrected chi connectivity index (χ4v) is 0.882. The standard InChI is InChI=1S/C9H11N3O2/c1-3-4-8(13)10-6-5-9-11-7(2)12-14-9/h5-6H2,1-2H3,(H,10,13). The molecular weight excluding hydrogens is 182 g/mol. The van der Waals surface area contributed by atoms with E-state index in [9.17, 15) is 4.79 Å². The first-order valence-electron chi connectivity index (χ1n) is 4.22. The minimum absolute atomic E-state index is 0.288. The summed E-state index contributed by atoms with van der Waals surface area (Å²) in [5.74, 6) is 5.71. The smallest absolute Gasteiger partial charge is 0.295 e. The molecule has 1 heterocycles. The Morgan fingerprint density at radius 3 is 3.00 bits per heavy atom. The van der Waals surface area contributed by atoms with Gasteiger partial charge in [0, 0.05) is 13.0 Å². The van der Waals surface area contributed by atoms with E-state index in [0.717, 1.165) is 0 Å². The van der Waals surface area contributed by atoms with Gasteiger partial charge >= 0.3 is 0 Å². The second-order valence-corrected chi connectivity index (χ2v) is 2.62. The van der Waals surface area contributed by atoms with E-state index < -0.39 is 0 Å². The predicted octanol–water partition coefficient (Wildman–Crippen LogP) is 0.0600. The number of nitrogens with one attached hydrogen (secondary N) is 1. The molecule has 1 amide bonds. The molecule has 0 saturated carbocycles. The van der Waals surface area contributed by atoms with E-state index in [-0.39, 0.29) is 5.91 Å². The lowest BCUT2D eigenvalue weighted by molar-refractivity contribution is -0.115. The number of nitrogens with zero attached hydrogens (tertiary/aromatic N) is 2. The highest BCUT2D eigenvalue weighted by Crippen LogP contribution is 1.95. The molecule has 0 atom stereocenters. The van der Waals surface area contributed by atoms with E-state index in [0.29, 0.717) is 24.7 Å². The Morgan fingerprint density at radius 2 is 2.43 bits per heavy atom. The molecule has 1 aromatic heterocycles. The van der Waals surface area contributed by atoms with Gasteiger partial charge in [-0.3, -0.25) is 4.79 Å². The van der Waals surface area contributed by atoms with Crippen molar-refractivity contribution in [3.63, 3.8) is 0 Å². The highest BCUT2D eigenvalue weighted by molar-refractivity contribution is 5.93. The van der Waals surface area contributed by atoms with Crippen LogP contribution in [0.25, 0.3) is 0 Å². The van der Waals surface area contributed by atoms with Gasteiger partial charge in [-0.25, -0.2) is 0 Å². The second kappa shape index (κ2) is 5.02. The molecule has 1 N–H and O–H groups in total. The summed E-state index contributed by atoms with van der Waals surface area (Å²) in [5, 5.41) is 6.22. The van der Waals surface area contributed by atoms with Crippen LogP contribution in [0.4, 0.5) is 0 Å². The largest absolute Gasteiger partial charge is 0.345 e. The van der Waals surface area contributed by atoms with Crippen molar-refractivity contribution in [2.45, 2.75) is 20.3 Å². The van der Waals surface area contributed by atoms with Crippen LogP contribution < -0.4 is 5.32 Å². The third-order valence-corrected chi connectivity index (χ3v) is 1.43. The molecule has 0 aromatic carbocycles. The minimum atomic E-state index is -0.288. The van der Waals surface area contributed by atoms with Gasteiger partial charge in [0.05, 0.1) is 0 Å². The van der Waals surface area contributed by atoms with Crippen LogP contribution in [-0.4, -0.2) is 22.6 Å². The number of hydrogen-bond acceptors (Lipinski definition) is 4. The summed E-state index contributed by atoms with van der Waals surface area (Å²) in [5.41, 5.74) is 0. The van der Waals surface area contributed by atoms with Gasteiger partial charge in [-0.1, -0.05) is 11.1 Å². The highest BCUT2D eigenvalue weighted by atomic mass is 16.5. The van der Waals surface area contributed by atoms with Crippen molar-refractivity contribution in [1.29, 1.82) is 0 Å². The van der Waals surface area contributed by atoms with Crippen molar-refractivity contribution in [1.82, 2.24) is 15.5 Å². The maximum Gasteiger partial charge on any atom is 0.295 e. The number of aromatic nitrogens is 2. The van der Waals surface area contributed by atoms with Crippen LogP contribution in [0.1, 0.15) is 18.6 Å². The summed E-state index contributed by atoms with van der Waals surface area (Å²) in [6.45, 7) is 3.81. The van der Waals surface area contributed by atoms with E-state index in [1.165, 1.54) is 0 Å². The number of aryl methyl sites for hydroxylation is 1. The highest BCUT2D eigenvalue weighted by Gasteiger charge is 2.02. The van der Waals surface area contributed by atoms with Gasteiger partial charge < -0.3 is 9.84 Å². The molecule has 0 aliphatic heterocycles. The first-order chi connectivity index (χ1) is 6.72. The molecule has 1 rings (SSSR count). The lowest BCUT2D eigenvalue weighted by atomic mass is 10.4. The average Bonchev–Trinajstić information content (AvgIpc) is 2.52. The Labute approximate surface area is 81.9 Å². The summed E-state index contributed by atoms with van der Waals surface area (Å²) in [7, 11) is 0. The molecule has 0 bridgehead atoms. The van der Waals surface area contributed by atoms with Gasteiger partial charge in [0.2, 0.25) is 5.89 Å². The van der Waals surface area contributed by atoms with Gasteiger partial charge in [0.1, 0.15) is 0 Å². The molecule has 5 nitrogen and oxygen atoms in total. The lowest BCUT2D eigenvalue weighted by Gasteiger charge is -1.95. The quantitative estimate of drug-likeness (QED) is 0.689. The third-order valence-electron chi connectivity index (χ3n) is 1.43. The maximum atomic E-state index is 10.9. The first kappa shape index (κ1) is 10.3. The van der Waals surface area contributed by atoms with E-state index >= 15 is 0 Å². The molecule has 0 radical (unpaired) electrons. The van der Waals surface area contributed by atoms with Crippen LogP contribution in [0.15, 0.2) is 4.52 Å². The molecule has 0 unspecified atom stereocenters. The van der Waals surface area contributed by atoms with Gasteiger partial charge in [0.15, 0.2) is 5.82 Å². The van der Waals surface area contributed by atoms with Crippen molar-refractivity contribution in [2.75, 3.05) is 6.54 Å². The summed E-state index contributed by atoms with van der Waals surface area (Å²) in [6.07, 6.45) is 0.526. The van der Waals surface area contributed by atoms with Crippen LogP contribution in [0.3, 0.4) is 0 Å². The summed E-state index contributed by atoms with van der Waals surface area (Å²) in [4.78, 5) is 14.9.